The Morgan fingerprint density at radius 3 is 2.58 bits per heavy atom. The summed E-state index contributed by atoms with van der Waals surface area (Å²) < 4.78 is 46.9. The standard InChI is InChI=1S/C14H11F3N6O3/c1-25-12(20-11(24)9-6-18-23-21-9)8-4-2-7(3-5-8)10-19-13(26-22-10)14(15,16)17/h2-6,12H,1H3,(H,20,24)(H,18,21,23). The molecule has 0 aliphatic heterocycles. The van der Waals surface area contributed by atoms with Gasteiger partial charge in [0.1, 0.15) is 0 Å². The van der Waals surface area contributed by atoms with Gasteiger partial charge < -0.3 is 14.6 Å². The molecule has 0 saturated carbocycles. The van der Waals surface area contributed by atoms with E-state index in [0.717, 1.165) is 0 Å². The number of hydrogen-bond acceptors (Lipinski definition) is 7. The molecule has 3 rings (SSSR count). The van der Waals surface area contributed by atoms with Crippen LogP contribution in [0.3, 0.4) is 0 Å². The fraction of sp³-hybridized carbons (Fsp3) is 0.214. The number of carbonyl (C=O) groups excluding carboxylic acids is 1. The molecule has 2 heterocycles. The Balaban J connectivity index is 1.75. The summed E-state index contributed by atoms with van der Waals surface area (Å²) in [7, 11) is 1.39. The Labute approximate surface area is 143 Å². The first-order valence-corrected chi connectivity index (χ1v) is 7.09. The maximum Gasteiger partial charge on any atom is 0.471 e. The lowest BCUT2D eigenvalue weighted by Gasteiger charge is -2.16. The van der Waals surface area contributed by atoms with Crippen LogP contribution >= 0.6 is 0 Å². The third-order valence-corrected chi connectivity index (χ3v) is 3.29. The third-order valence-electron chi connectivity index (χ3n) is 3.29. The Hall–Kier alpha value is -3.28. The van der Waals surface area contributed by atoms with Gasteiger partial charge in [0.25, 0.3) is 5.91 Å². The lowest BCUT2D eigenvalue weighted by atomic mass is 10.1. The third kappa shape index (κ3) is 3.69. The highest BCUT2D eigenvalue weighted by Gasteiger charge is 2.38. The van der Waals surface area contributed by atoms with Crippen LogP contribution in [0.2, 0.25) is 0 Å². The molecule has 0 fully saturated rings. The van der Waals surface area contributed by atoms with E-state index in [1.54, 1.807) is 12.1 Å². The van der Waals surface area contributed by atoms with Crippen LogP contribution < -0.4 is 5.32 Å². The summed E-state index contributed by atoms with van der Waals surface area (Å²) >= 11 is 0. The number of alkyl halides is 3. The van der Waals surface area contributed by atoms with Crippen LogP contribution in [0.1, 0.15) is 28.2 Å². The van der Waals surface area contributed by atoms with Crippen molar-refractivity contribution < 1.29 is 27.2 Å². The number of methoxy groups -OCH3 is 1. The second kappa shape index (κ2) is 6.92. The van der Waals surface area contributed by atoms with Crippen molar-refractivity contribution in [3.8, 4) is 11.4 Å². The highest BCUT2D eigenvalue weighted by molar-refractivity contribution is 5.92. The summed E-state index contributed by atoms with van der Waals surface area (Å²) in [6, 6.07) is 6.07. The number of hydrogen-bond donors (Lipinski definition) is 2. The molecule has 2 aromatic heterocycles. The summed E-state index contributed by atoms with van der Waals surface area (Å²) in [6.07, 6.45) is -4.26. The lowest BCUT2D eigenvalue weighted by Crippen LogP contribution is -2.29. The van der Waals surface area contributed by atoms with E-state index < -0.39 is 24.2 Å². The molecule has 0 spiro atoms. The van der Waals surface area contributed by atoms with E-state index in [9.17, 15) is 18.0 Å². The summed E-state index contributed by atoms with van der Waals surface area (Å²) in [6.45, 7) is 0. The summed E-state index contributed by atoms with van der Waals surface area (Å²) in [5.74, 6) is -2.14. The van der Waals surface area contributed by atoms with Gasteiger partial charge in [-0.15, -0.1) is 0 Å². The van der Waals surface area contributed by atoms with Gasteiger partial charge in [0.05, 0.1) is 6.20 Å². The van der Waals surface area contributed by atoms with Crippen molar-refractivity contribution in [2.75, 3.05) is 7.11 Å². The highest BCUT2D eigenvalue weighted by Crippen LogP contribution is 2.29. The zero-order chi connectivity index (χ0) is 18.7. The molecule has 1 amide bonds. The van der Waals surface area contributed by atoms with Crippen molar-refractivity contribution in [3.05, 3.63) is 47.6 Å². The number of rotatable bonds is 5. The monoisotopic (exact) mass is 368 g/mol. The number of nitrogens with one attached hydrogen (secondary N) is 2. The smallest absolute Gasteiger partial charge is 0.357 e. The summed E-state index contributed by atoms with van der Waals surface area (Å²) in [5.41, 5.74) is 0.938. The normalized spacial score (nSPS) is 12.8. The number of carbonyl (C=O) groups is 1. The van der Waals surface area contributed by atoms with Crippen LogP contribution in [0.4, 0.5) is 13.2 Å². The van der Waals surface area contributed by atoms with Crippen molar-refractivity contribution >= 4 is 5.91 Å². The molecule has 0 bridgehead atoms. The maximum atomic E-state index is 12.5. The second-order valence-electron chi connectivity index (χ2n) is 4.99. The topological polar surface area (TPSA) is 119 Å². The second-order valence-corrected chi connectivity index (χ2v) is 4.99. The average molecular weight is 368 g/mol. The van der Waals surface area contributed by atoms with Gasteiger partial charge in [-0.05, 0) is 0 Å². The Morgan fingerprint density at radius 2 is 2.04 bits per heavy atom. The molecule has 136 valence electrons. The van der Waals surface area contributed by atoms with Crippen LogP contribution in [0.5, 0.6) is 0 Å². The fourth-order valence-electron chi connectivity index (χ4n) is 2.05. The molecule has 1 unspecified atom stereocenters. The Kier molecular flexibility index (Phi) is 4.67. The zero-order valence-electron chi connectivity index (χ0n) is 13.1. The number of H-pyrrole nitrogens is 1. The number of halogens is 3. The Morgan fingerprint density at radius 1 is 1.31 bits per heavy atom. The molecule has 1 atom stereocenters. The fourth-order valence-corrected chi connectivity index (χ4v) is 2.05. The van der Waals surface area contributed by atoms with Crippen LogP contribution in [0, 0.1) is 0 Å². The van der Waals surface area contributed by atoms with Gasteiger partial charge in [0, 0.05) is 18.2 Å². The minimum atomic E-state index is -4.71. The quantitative estimate of drug-likeness (QED) is 0.661. The van der Waals surface area contributed by atoms with E-state index in [1.807, 2.05) is 0 Å². The SMILES string of the molecule is COC(NC(=O)c1cn[nH]n1)c1ccc(-c2noc(C(F)(F)F)n2)cc1. The van der Waals surface area contributed by atoms with Crippen molar-refractivity contribution in [1.29, 1.82) is 0 Å². The number of amides is 1. The van der Waals surface area contributed by atoms with E-state index in [-0.39, 0.29) is 11.5 Å². The molecular formula is C14H11F3N6O3. The van der Waals surface area contributed by atoms with Gasteiger partial charge in [0.2, 0.25) is 5.82 Å². The Bertz CT molecular complexity index is 876. The first-order valence-electron chi connectivity index (χ1n) is 7.09. The van der Waals surface area contributed by atoms with Gasteiger partial charge in [-0.1, -0.05) is 29.4 Å². The molecule has 0 aliphatic rings. The predicted molar refractivity (Wildman–Crippen MR) is 78.3 cm³/mol. The largest absolute Gasteiger partial charge is 0.471 e. The number of ether oxygens (including phenoxy) is 1. The van der Waals surface area contributed by atoms with E-state index in [2.05, 4.69) is 35.4 Å². The van der Waals surface area contributed by atoms with Crippen molar-refractivity contribution in [2.24, 2.45) is 0 Å². The maximum absolute atomic E-state index is 12.5. The number of aromatic nitrogens is 5. The molecule has 9 nitrogen and oxygen atoms in total. The molecule has 1 aromatic carbocycles. The lowest BCUT2D eigenvalue weighted by molar-refractivity contribution is -0.159. The zero-order valence-corrected chi connectivity index (χ0v) is 13.1. The molecular weight excluding hydrogens is 357 g/mol. The van der Waals surface area contributed by atoms with E-state index >= 15 is 0 Å². The van der Waals surface area contributed by atoms with Crippen molar-refractivity contribution in [1.82, 2.24) is 30.9 Å². The van der Waals surface area contributed by atoms with E-state index in [4.69, 9.17) is 4.74 Å². The van der Waals surface area contributed by atoms with Crippen molar-refractivity contribution in [2.45, 2.75) is 12.4 Å². The van der Waals surface area contributed by atoms with E-state index in [0.29, 0.717) is 11.1 Å². The minimum Gasteiger partial charge on any atom is -0.357 e. The van der Waals surface area contributed by atoms with E-state index in [1.165, 1.54) is 25.4 Å². The molecule has 12 heteroatoms. The predicted octanol–water partition coefficient (Wildman–Crippen LogP) is 1.95. The van der Waals surface area contributed by atoms with Gasteiger partial charge in [0.15, 0.2) is 11.9 Å². The summed E-state index contributed by atoms with van der Waals surface area (Å²) in [4.78, 5) is 15.3. The van der Waals surface area contributed by atoms with Gasteiger partial charge in [-0.3, -0.25) is 4.79 Å². The van der Waals surface area contributed by atoms with Gasteiger partial charge in [-0.2, -0.15) is 33.6 Å². The van der Waals surface area contributed by atoms with Crippen LogP contribution in [0.15, 0.2) is 35.0 Å². The summed E-state index contributed by atoms with van der Waals surface area (Å²) in [5, 5.41) is 15.4. The number of aromatic amines is 1. The minimum absolute atomic E-state index is 0.0788. The molecule has 3 aromatic rings. The average Bonchev–Trinajstić information content (AvgIpc) is 3.30. The number of nitrogens with zero attached hydrogens (tertiary/aromatic N) is 4. The van der Waals surface area contributed by atoms with Crippen LogP contribution in [-0.2, 0) is 10.9 Å². The molecule has 2 N–H and O–H groups in total. The van der Waals surface area contributed by atoms with Gasteiger partial charge in [-0.25, -0.2) is 0 Å². The van der Waals surface area contributed by atoms with Crippen LogP contribution in [-0.4, -0.2) is 38.6 Å². The number of benzene rings is 1. The molecule has 0 saturated heterocycles. The molecule has 0 aliphatic carbocycles. The molecule has 26 heavy (non-hydrogen) atoms. The first kappa shape index (κ1) is 17.5. The van der Waals surface area contributed by atoms with Gasteiger partial charge >= 0.3 is 12.1 Å². The highest BCUT2D eigenvalue weighted by atomic mass is 19.4. The van der Waals surface area contributed by atoms with Crippen molar-refractivity contribution in [3.63, 3.8) is 0 Å². The first-order chi connectivity index (χ1) is 12.4. The molecule has 0 radical (unpaired) electrons. The van der Waals surface area contributed by atoms with Crippen LogP contribution in [0.25, 0.3) is 11.4 Å².